The molecule has 1 heterocycles. The smallest absolute Gasteiger partial charge is 0.307 e. The highest BCUT2D eigenvalue weighted by Crippen LogP contribution is 2.30. The lowest BCUT2D eigenvalue weighted by Crippen LogP contribution is -2.34. The number of rotatable bonds is 8. The number of allylic oxidation sites excluding steroid dienone is 1. The number of nitrogens with one attached hydrogen (secondary N) is 2. The number of pyridine rings is 1. The maximum atomic E-state index is 14.9. The molecule has 0 saturated heterocycles. The van der Waals surface area contributed by atoms with Crippen LogP contribution in [0.5, 0.6) is 0 Å². The number of thioether (sulfide) groups is 2. The number of fused-ring (bicyclic) bond motifs is 1. The van der Waals surface area contributed by atoms with Gasteiger partial charge in [-0.3, -0.25) is 9.36 Å². The van der Waals surface area contributed by atoms with Crippen LogP contribution in [-0.2, 0) is 10.0 Å². The SMILES string of the molecule is C=C(S/C(Cl)=C\CC)S(=O)(=O)NC(=O)Nc1ccc(-n2ccc3ccc(SC)cc3c2=O)c(F)c1. The summed E-state index contributed by atoms with van der Waals surface area (Å²) in [6, 6.07) is 9.71. The fraction of sp³-hybridized carbons (Fsp3) is 0.130. The van der Waals surface area contributed by atoms with Crippen molar-refractivity contribution in [1.29, 1.82) is 0 Å². The lowest BCUT2D eigenvalue weighted by Gasteiger charge is -2.12. The number of sulfonamides is 1. The Bertz CT molecular complexity index is 1500. The second-order valence-corrected chi connectivity index (χ2v) is 11.7. The van der Waals surface area contributed by atoms with Crippen LogP contribution in [0.15, 0.2) is 79.6 Å². The first-order valence-electron chi connectivity index (χ1n) is 10.1. The lowest BCUT2D eigenvalue weighted by molar-refractivity contribution is 0.256. The Morgan fingerprint density at radius 2 is 1.97 bits per heavy atom. The van der Waals surface area contributed by atoms with Gasteiger partial charge in [0, 0.05) is 22.2 Å². The Morgan fingerprint density at radius 1 is 1.23 bits per heavy atom. The summed E-state index contributed by atoms with van der Waals surface area (Å²) in [5, 5.41) is 3.42. The highest BCUT2D eigenvalue weighted by atomic mass is 35.5. The Kier molecular flexibility index (Phi) is 8.70. The minimum absolute atomic E-state index is 0.0142. The lowest BCUT2D eigenvalue weighted by atomic mass is 10.1. The van der Waals surface area contributed by atoms with Gasteiger partial charge in [0.1, 0.15) is 10.1 Å². The summed E-state index contributed by atoms with van der Waals surface area (Å²) in [7, 11) is -4.25. The highest BCUT2D eigenvalue weighted by Gasteiger charge is 2.21. The minimum Gasteiger partial charge on any atom is -0.307 e. The van der Waals surface area contributed by atoms with Gasteiger partial charge in [-0.15, -0.1) is 11.8 Å². The molecule has 1 aromatic heterocycles. The molecule has 0 aliphatic rings. The van der Waals surface area contributed by atoms with Gasteiger partial charge in [-0.1, -0.05) is 49.0 Å². The van der Waals surface area contributed by atoms with Crippen molar-refractivity contribution in [2.24, 2.45) is 0 Å². The number of halogens is 2. The Morgan fingerprint density at radius 3 is 2.63 bits per heavy atom. The van der Waals surface area contributed by atoms with Crippen LogP contribution in [0.25, 0.3) is 16.5 Å². The van der Waals surface area contributed by atoms with E-state index in [4.69, 9.17) is 11.6 Å². The van der Waals surface area contributed by atoms with E-state index in [9.17, 15) is 22.4 Å². The average molecular weight is 554 g/mol. The number of amides is 2. The van der Waals surface area contributed by atoms with Crippen LogP contribution in [0.2, 0.25) is 0 Å². The number of carbonyl (C=O) groups is 1. The average Bonchev–Trinajstić information content (AvgIpc) is 2.79. The fourth-order valence-corrected chi connectivity index (χ4v) is 5.74. The third-order valence-electron chi connectivity index (χ3n) is 4.68. The van der Waals surface area contributed by atoms with Gasteiger partial charge < -0.3 is 5.32 Å². The fourth-order valence-electron chi connectivity index (χ4n) is 3.02. The first kappa shape index (κ1) is 26.9. The number of aromatic nitrogens is 1. The van der Waals surface area contributed by atoms with Crippen molar-refractivity contribution >= 4 is 67.6 Å². The molecule has 2 amide bonds. The predicted octanol–water partition coefficient (Wildman–Crippen LogP) is 6.00. The number of urea groups is 1. The van der Waals surface area contributed by atoms with Crippen molar-refractivity contribution in [2.45, 2.75) is 18.2 Å². The molecule has 0 saturated carbocycles. The van der Waals surface area contributed by atoms with E-state index < -0.39 is 27.4 Å². The van der Waals surface area contributed by atoms with Gasteiger partial charge in [-0.2, -0.15) is 0 Å². The van der Waals surface area contributed by atoms with Crippen LogP contribution >= 0.6 is 35.1 Å². The number of hydrogen-bond acceptors (Lipinski definition) is 6. The molecule has 2 N–H and O–H groups in total. The predicted molar refractivity (Wildman–Crippen MR) is 143 cm³/mol. The molecule has 0 aliphatic carbocycles. The molecular formula is C23H21ClFN3O4S3. The van der Waals surface area contributed by atoms with E-state index in [-0.39, 0.29) is 20.0 Å². The van der Waals surface area contributed by atoms with Gasteiger partial charge in [0.2, 0.25) is 0 Å². The molecule has 35 heavy (non-hydrogen) atoms. The molecule has 0 fully saturated rings. The molecule has 0 atom stereocenters. The third-order valence-corrected chi connectivity index (χ3v) is 8.34. The number of anilines is 1. The maximum absolute atomic E-state index is 14.9. The van der Waals surface area contributed by atoms with E-state index in [0.29, 0.717) is 23.6 Å². The molecule has 0 aliphatic heterocycles. The second-order valence-electron chi connectivity index (χ2n) is 7.06. The van der Waals surface area contributed by atoms with Gasteiger partial charge in [0.05, 0.1) is 10.1 Å². The number of hydrogen-bond donors (Lipinski definition) is 2. The zero-order chi connectivity index (χ0) is 25.8. The molecule has 3 rings (SSSR count). The first-order valence-corrected chi connectivity index (χ1v) is 14.0. The van der Waals surface area contributed by atoms with Crippen LogP contribution in [0.3, 0.4) is 0 Å². The molecule has 3 aromatic rings. The van der Waals surface area contributed by atoms with Crippen molar-refractivity contribution in [1.82, 2.24) is 9.29 Å². The van der Waals surface area contributed by atoms with E-state index in [1.54, 1.807) is 22.9 Å². The summed E-state index contributed by atoms with van der Waals surface area (Å²) in [6.45, 7) is 5.25. The summed E-state index contributed by atoms with van der Waals surface area (Å²) >= 11 is 8.07. The Hall–Kier alpha value is -2.73. The number of carbonyl (C=O) groups excluding carboxylic acids is 1. The highest BCUT2D eigenvalue weighted by molar-refractivity contribution is 8.21. The van der Waals surface area contributed by atoms with E-state index >= 15 is 0 Å². The second kappa shape index (κ2) is 11.3. The van der Waals surface area contributed by atoms with Crippen LogP contribution in [0.1, 0.15) is 13.3 Å². The summed E-state index contributed by atoms with van der Waals surface area (Å²) < 4.78 is 42.3. The monoisotopic (exact) mass is 553 g/mol. The van der Waals surface area contributed by atoms with Gasteiger partial charge in [-0.05, 0) is 54.5 Å². The van der Waals surface area contributed by atoms with Crippen LogP contribution < -0.4 is 15.6 Å². The maximum Gasteiger partial charge on any atom is 0.333 e. The zero-order valence-corrected chi connectivity index (χ0v) is 21.9. The van der Waals surface area contributed by atoms with E-state index in [1.165, 1.54) is 34.7 Å². The summed E-state index contributed by atoms with van der Waals surface area (Å²) in [5.74, 6) is -0.787. The zero-order valence-electron chi connectivity index (χ0n) is 18.7. The normalized spacial score (nSPS) is 11.9. The quantitative estimate of drug-likeness (QED) is 0.332. The van der Waals surface area contributed by atoms with Gasteiger partial charge in [0.25, 0.3) is 15.6 Å². The van der Waals surface area contributed by atoms with E-state index in [0.717, 1.165) is 16.3 Å². The van der Waals surface area contributed by atoms with E-state index in [1.807, 2.05) is 25.3 Å². The van der Waals surface area contributed by atoms with E-state index in [2.05, 4.69) is 11.9 Å². The first-order chi connectivity index (χ1) is 16.6. The molecule has 0 spiro atoms. The van der Waals surface area contributed by atoms with Crippen molar-refractivity contribution in [2.75, 3.05) is 11.6 Å². The van der Waals surface area contributed by atoms with Gasteiger partial charge in [0.15, 0.2) is 0 Å². The van der Waals surface area contributed by atoms with Crippen molar-refractivity contribution in [3.8, 4) is 5.69 Å². The molecule has 2 aromatic carbocycles. The minimum atomic E-state index is -4.25. The van der Waals surface area contributed by atoms with Crippen LogP contribution in [0, 0.1) is 5.82 Å². The molecule has 0 radical (unpaired) electrons. The Labute approximate surface area is 215 Å². The number of benzene rings is 2. The van der Waals surface area contributed by atoms with Crippen molar-refractivity contribution < 1.29 is 17.6 Å². The van der Waals surface area contributed by atoms with Crippen molar-refractivity contribution in [3.05, 3.63) is 86.1 Å². The van der Waals surface area contributed by atoms with Crippen LogP contribution in [-0.4, -0.2) is 25.3 Å². The topological polar surface area (TPSA) is 97.3 Å². The standard InChI is InChI=1S/C23H21ClFN3O4S3/c1-4-5-21(24)34-14(2)35(31,32)27-23(30)26-16-7-9-20(19(25)12-16)28-11-10-15-6-8-17(33-3)13-18(15)22(28)29/h5-13H,2,4H2,1,3H3,(H2,26,27,30)/b21-5-. The summed E-state index contributed by atoms with van der Waals surface area (Å²) in [5.41, 5.74) is -0.430. The summed E-state index contributed by atoms with van der Waals surface area (Å²) in [4.78, 5) is 26.1. The van der Waals surface area contributed by atoms with Crippen molar-refractivity contribution in [3.63, 3.8) is 0 Å². The largest absolute Gasteiger partial charge is 0.333 e. The molecule has 0 bridgehead atoms. The van der Waals surface area contributed by atoms with Gasteiger partial charge >= 0.3 is 6.03 Å². The molecule has 12 heteroatoms. The summed E-state index contributed by atoms with van der Waals surface area (Å²) in [6.07, 6.45) is 5.55. The molecule has 7 nitrogen and oxygen atoms in total. The molecule has 0 unspecified atom stereocenters. The van der Waals surface area contributed by atoms with Crippen LogP contribution in [0.4, 0.5) is 14.9 Å². The third kappa shape index (κ3) is 6.49. The molecular weight excluding hydrogens is 533 g/mol. The Balaban J connectivity index is 1.79. The van der Waals surface area contributed by atoms with Gasteiger partial charge in [-0.25, -0.2) is 22.3 Å². The number of nitrogens with zero attached hydrogens (tertiary/aromatic N) is 1. The molecule has 184 valence electrons.